The molecule has 2 aliphatic carbocycles. The number of nitrogens with one attached hydrogen (secondary N) is 3. The van der Waals surface area contributed by atoms with Crippen LogP contribution in [0.4, 0.5) is 4.79 Å². The molecule has 3 N–H and O–H groups in total. The van der Waals surface area contributed by atoms with Crippen molar-refractivity contribution in [1.82, 2.24) is 30.2 Å². The molecule has 45 heavy (non-hydrogen) atoms. The van der Waals surface area contributed by atoms with Crippen LogP contribution in [0.2, 0.25) is 0 Å². The molecule has 4 amide bonds. The molecule has 0 unspecified atom stereocenters. The monoisotopic (exact) mass is 638 g/mol. The maximum Gasteiger partial charge on any atom is 0.318 e. The minimum absolute atomic E-state index is 0.0928. The molecule has 3 fully saturated rings. The molecule has 1 aromatic heterocycles. The average molecular weight is 639 g/mol. The fourth-order valence-corrected chi connectivity index (χ4v) is 7.26. The first-order valence-corrected chi connectivity index (χ1v) is 17.0. The summed E-state index contributed by atoms with van der Waals surface area (Å²) in [4.78, 5) is 51.1. The number of methoxy groups -OCH3 is 1. The molecule has 2 aromatic rings. The van der Waals surface area contributed by atoms with Gasteiger partial charge in [-0.3, -0.25) is 14.3 Å². The molecule has 14 heteroatoms. The predicted molar refractivity (Wildman–Crippen MR) is 164 cm³/mol. The van der Waals surface area contributed by atoms with E-state index < -0.39 is 50.8 Å². The van der Waals surface area contributed by atoms with Gasteiger partial charge in [0, 0.05) is 24.4 Å². The minimum atomic E-state index is -3.82. The maximum atomic E-state index is 13.9. The second-order valence-corrected chi connectivity index (χ2v) is 14.0. The first-order valence-electron chi connectivity index (χ1n) is 15.4. The van der Waals surface area contributed by atoms with Gasteiger partial charge in [-0.2, -0.15) is 9.97 Å². The molecule has 0 radical (unpaired) electrons. The molecular formula is C31H38N6O7S. The SMILES string of the molecule is COc1cc(O[C@@H]2C[C@H]3C(=O)N[C@]4(C(=O)NS(=O)(=O)C5CC5)C[C@H]4C=CCCCCCNC(=O)N3C2)nc(-c2ccccc2)n1. The summed E-state index contributed by atoms with van der Waals surface area (Å²) < 4.78 is 39.1. The number of rotatable bonds is 7. The molecule has 1 saturated heterocycles. The third-order valence-electron chi connectivity index (χ3n) is 8.69. The van der Waals surface area contributed by atoms with E-state index in [0.717, 1.165) is 31.2 Å². The number of carbonyl (C=O) groups is 3. The second-order valence-electron chi connectivity index (χ2n) is 12.0. The number of hydrogen-bond donors (Lipinski definition) is 3. The van der Waals surface area contributed by atoms with Gasteiger partial charge in [-0.05, 0) is 38.5 Å². The van der Waals surface area contributed by atoms with Crippen LogP contribution in [0.5, 0.6) is 11.8 Å². The summed E-state index contributed by atoms with van der Waals surface area (Å²) in [6.07, 6.45) is 8.02. The Morgan fingerprint density at radius 2 is 1.87 bits per heavy atom. The van der Waals surface area contributed by atoms with Crippen molar-refractivity contribution in [3.8, 4) is 23.1 Å². The minimum Gasteiger partial charge on any atom is -0.481 e. The molecule has 6 rings (SSSR count). The molecule has 240 valence electrons. The number of amides is 4. The zero-order valence-corrected chi connectivity index (χ0v) is 25.9. The van der Waals surface area contributed by atoms with Crippen molar-refractivity contribution in [2.24, 2.45) is 5.92 Å². The Labute approximate surface area is 262 Å². The smallest absolute Gasteiger partial charge is 0.318 e. The number of ether oxygens (including phenoxy) is 2. The van der Waals surface area contributed by atoms with Crippen molar-refractivity contribution >= 4 is 27.9 Å². The molecule has 0 spiro atoms. The van der Waals surface area contributed by atoms with Gasteiger partial charge in [0.15, 0.2) is 5.82 Å². The van der Waals surface area contributed by atoms with E-state index in [0.29, 0.717) is 31.1 Å². The lowest BCUT2D eigenvalue weighted by molar-refractivity contribution is -0.131. The Morgan fingerprint density at radius 1 is 1.09 bits per heavy atom. The maximum absolute atomic E-state index is 13.9. The Balaban J connectivity index is 1.24. The van der Waals surface area contributed by atoms with Crippen molar-refractivity contribution in [3.05, 3.63) is 48.6 Å². The lowest BCUT2D eigenvalue weighted by atomic mass is 10.1. The molecule has 4 atom stereocenters. The Hall–Kier alpha value is -4.20. The van der Waals surface area contributed by atoms with Crippen LogP contribution >= 0.6 is 0 Å². The third kappa shape index (κ3) is 6.90. The van der Waals surface area contributed by atoms with Crippen LogP contribution in [-0.2, 0) is 19.6 Å². The molecule has 2 saturated carbocycles. The molecule has 2 aliphatic heterocycles. The van der Waals surface area contributed by atoms with Gasteiger partial charge >= 0.3 is 6.03 Å². The van der Waals surface area contributed by atoms with E-state index in [1.165, 1.54) is 12.0 Å². The molecule has 1 aromatic carbocycles. The van der Waals surface area contributed by atoms with Crippen LogP contribution in [0.1, 0.15) is 51.4 Å². The van der Waals surface area contributed by atoms with E-state index in [4.69, 9.17) is 9.47 Å². The van der Waals surface area contributed by atoms with Crippen LogP contribution in [0, 0.1) is 5.92 Å². The number of fused-ring (bicyclic) bond motifs is 2. The van der Waals surface area contributed by atoms with Crippen LogP contribution in [0.25, 0.3) is 11.4 Å². The zero-order chi connectivity index (χ0) is 31.6. The van der Waals surface area contributed by atoms with Gasteiger partial charge in [0.05, 0.1) is 25.0 Å². The summed E-state index contributed by atoms with van der Waals surface area (Å²) in [5.74, 6) is -0.736. The van der Waals surface area contributed by atoms with E-state index in [9.17, 15) is 22.8 Å². The van der Waals surface area contributed by atoms with Gasteiger partial charge in [0.1, 0.15) is 17.7 Å². The number of aromatic nitrogens is 2. The lowest BCUT2D eigenvalue weighted by Crippen LogP contribution is -2.57. The highest BCUT2D eigenvalue weighted by Gasteiger charge is 2.62. The van der Waals surface area contributed by atoms with E-state index in [1.807, 2.05) is 42.5 Å². The largest absolute Gasteiger partial charge is 0.481 e. The Bertz CT molecular complexity index is 1580. The van der Waals surface area contributed by atoms with Gasteiger partial charge in [0.2, 0.25) is 27.7 Å². The fraction of sp³-hybridized carbons (Fsp3) is 0.516. The fourth-order valence-electron chi connectivity index (χ4n) is 5.90. The summed E-state index contributed by atoms with van der Waals surface area (Å²) in [5.41, 5.74) is -0.652. The summed E-state index contributed by atoms with van der Waals surface area (Å²) in [6, 6.07) is 9.51. The average Bonchev–Trinajstić information content (AvgIpc) is 3.95. The summed E-state index contributed by atoms with van der Waals surface area (Å²) in [6.45, 7) is 0.548. The molecular weight excluding hydrogens is 600 g/mol. The molecule has 3 heterocycles. The van der Waals surface area contributed by atoms with Crippen molar-refractivity contribution in [2.75, 3.05) is 20.2 Å². The summed E-state index contributed by atoms with van der Waals surface area (Å²) >= 11 is 0. The summed E-state index contributed by atoms with van der Waals surface area (Å²) in [5, 5.41) is 5.18. The standard InChI is InChI=1S/C31H38N6O7S/c1-43-25-17-26(34-27(33-25)20-10-6-5-7-11-20)44-22-16-24-28(38)35-31(29(39)36-45(41,42)23-13-14-23)18-21(31)12-8-3-2-4-9-15-32-30(40)37(24)19-22/h5-8,10-12,17,21-24H,2-4,9,13-16,18-19H2,1H3,(H,32,40)(H,35,38)(H,36,39)/t21-,22-,24+,31-/m1/s1. The van der Waals surface area contributed by atoms with Gasteiger partial charge in [-0.25, -0.2) is 13.2 Å². The lowest BCUT2D eigenvalue weighted by Gasteiger charge is -2.26. The predicted octanol–water partition coefficient (Wildman–Crippen LogP) is 2.30. The van der Waals surface area contributed by atoms with Crippen molar-refractivity contribution in [2.45, 2.75) is 74.3 Å². The number of sulfonamides is 1. The number of hydrogen-bond acceptors (Lipinski definition) is 9. The van der Waals surface area contributed by atoms with Crippen LogP contribution in [-0.4, -0.2) is 84.3 Å². The van der Waals surface area contributed by atoms with Crippen LogP contribution in [0.3, 0.4) is 0 Å². The van der Waals surface area contributed by atoms with Gasteiger partial charge in [0.25, 0.3) is 5.91 Å². The first-order chi connectivity index (χ1) is 21.7. The van der Waals surface area contributed by atoms with Crippen molar-refractivity contribution in [3.63, 3.8) is 0 Å². The Kier molecular flexibility index (Phi) is 8.67. The van der Waals surface area contributed by atoms with Crippen LogP contribution in [0.15, 0.2) is 48.6 Å². The summed E-state index contributed by atoms with van der Waals surface area (Å²) in [7, 11) is -2.33. The number of allylic oxidation sites excluding steroid dienone is 1. The van der Waals surface area contributed by atoms with Gasteiger partial charge < -0.3 is 25.0 Å². The number of benzene rings is 1. The second kappa shape index (κ2) is 12.7. The highest BCUT2D eigenvalue weighted by Crippen LogP contribution is 2.46. The van der Waals surface area contributed by atoms with Crippen LogP contribution < -0.4 is 24.8 Å². The third-order valence-corrected chi connectivity index (χ3v) is 10.5. The van der Waals surface area contributed by atoms with Crippen molar-refractivity contribution in [1.29, 1.82) is 0 Å². The van der Waals surface area contributed by atoms with Gasteiger partial charge in [-0.15, -0.1) is 0 Å². The topological polar surface area (TPSA) is 169 Å². The quantitative estimate of drug-likeness (QED) is 0.385. The van der Waals surface area contributed by atoms with E-state index in [2.05, 4.69) is 25.3 Å². The normalized spacial score (nSPS) is 27.1. The van der Waals surface area contributed by atoms with E-state index >= 15 is 0 Å². The van der Waals surface area contributed by atoms with E-state index in [1.54, 1.807) is 6.07 Å². The number of nitrogens with zero attached hydrogens (tertiary/aromatic N) is 3. The highest BCUT2D eigenvalue weighted by molar-refractivity contribution is 7.91. The van der Waals surface area contributed by atoms with Gasteiger partial charge in [-0.1, -0.05) is 48.9 Å². The first kappa shape index (κ1) is 30.8. The molecule has 13 nitrogen and oxygen atoms in total. The molecule has 4 aliphatic rings. The van der Waals surface area contributed by atoms with E-state index in [-0.39, 0.29) is 31.2 Å². The number of urea groups is 1. The molecule has 0 bridgehead atoms. The number of carbonyl (C=O) groups excluding carboxylic acids is 3. The van der Waals surface area contributed by atoms with Crippen molar-refractivity contribution < 1.29 is 32.3 Å². The Morgan fingerprint density at radius 3 is 2.62 bits per heavy atom. The zero-order valence-electron chi connectivity index (χ0n) is 25.1. The highest BCUT2D eigenvalue weighted by atomic mass is 32.2.